The van der Waals surface area contributed by atoms with E-state index in [1.54, 1.807) is 18.2 Å². The number of nitrogens with zero attached hydrogens (tertiary/aromatic N) is 2. The van der Waals surface area contributed by atoms with Crippen molar-refractivity contribution in [2.75, 3.05) is 18.0 Å². The van der Waals surface area contributed by atoms with E-state index in [4.69, 9.17) is 27.9 Å². The summed E-state index contributed by atoms with van der Waals surface area (Å²) in [5.41, 5.74) is 1.27. The smallest absolute Gasteiger partial charge is 0.264 e. The fourth-order valence-corrected chi connectivity index (χ4v) is 7.72. The van der Waals surface area contributed by atoms with Gasteiger partial charge in [-0.05, 0) is 79.1 Å². The molecular weight excluding hydrogens is 676 g/mol. The Labute approximate surface area is 290 Å². The summed E-state index contributed by atoms with van der Waals surface area (Å²) < 4.78 is 48.4. The Morgan fingerprint density at radius 2 is 1.52 bits per heavy atom. The first-order chi connectivity index (χ1) is 23.1. The first-order valence-electron chi connectivity index (χ1n) is 15.6. The molecule has 2 amide bonds. The van der Waals surface area contributed by atoms with Crippen LogP contribution in [0.15, 0.2) is 102 Å². The molecule has 1 fully saturated rings. The van der Waals surface area contributed by atoms with Gasteiger partial charge in [0.25, 0.3) is 10.0 Å². The van der Waals surface area contributed by atoms with Crippen molar-refractivity contribution in [2.24, 2.45) is 0 Å². The number of ether oxygens (including phenoxy) is 1. The van der Waals surface area contributed by atoms with Gasteiger partial charge < -0.3 is 15.0 Å². The van der Waals surface area contributed by atoms with Gasteiger partial charge >= 0.3 is 0 Å². The quantitative estimate of drug-likeness (QED) is 0.161. The van der Waals surface area contributed by atoms with Crippen molar-refractivity contribution in [1.29, 1.82) is 0 Å². The van der Waals surface area contributed by atoms with Gasteiger partial charge in [0.2, 0.25) is 11.8 Å². The lowest BCUT2D eigenvalue weighted by atomic mass is 10.0. The standard InChI is InChI=1S/C36H36Cl2FN3O5S/c1-47-29-18-20-30(21-19-29)48(45,46)42(28-16-14-26(39)15-17-28)24-35(43)41(23-31-32(37)12-7-13-33(31)38)34(22-25-8-3-2-4-9-25)36(44)40-27-10-5-6-11-27/h2-4,7-9,12-21,27,34H,5-6,10-11,22-24H2,1H3,(H,40,44)/t34-/m0/s1. The molecule has 1 N–H and O–H groups in total. The second-order valence-corrected chi connectivity index (χ2v) is 14.3. The summed E-state index contributed by atoms with van der Waals surface area (Å²) in [5.74, 6) is -1.19. The highest BCUT2D eigenvalue weighted by Gasteiger charge is 2.36. The molecule has 0 radical (unpaired) electrons. The minimum atomic E-state index is -4.38. The third kappa shape index (κ3) is 8.47. The average Bonchev–Trinajstić information content (AvgIpc) is 3.60. The highest BCUT2D eigenvalue weighted by atomic mass is 35.5. The minimum absolute atomic E-state index is 0.0391. The normalized spacial score (nSPS) is 13.9. The summed E-state index contributed by atoms with van der Waals surface area (Å²) >= 11 is 13.2. The van der Waals surface area contributed by atoms with Crippen molar-refractivity contribution in [3.8, 4) is 5.75 Å². The van der Waals surface area contributed by atoms with Crippen LogP contribution >= 0.6 is 23.2 Å². The number of carbonyl (C=O) groups excluding carboxylic acids is 2. The summed E-state index contributed by atoms with van der Waals surface area (Å²) in [4.78, 5) is 30.0. The molecule has 5 rings (SSSR count). The average molecular weight is 713 g/mol. The number of amides is 2. The van der Waals surface area contributed by atoms with Crippen LogP contribution in [0.2, 0.25) is 10.0 Å². The molecule has 1 aliphatic carbocycles. The van der Waals surface area contributed by atoms with Crippen LogP contribution in [0.3, 0.4) is 0 Å². The molecule has 0 heterocycles. The van der Waals surface area contributed by atoms with Crippen molar-refractivity contribution >= 4 is 50.7 Å². The second-order valence-electron chi connectivity index (χ2n) is 11.6. The molecule has 1 saturated carbocycles. The number of anilines is 1. The maximum absolute atomic E-state index is 14.6. The number of rotatable bonds is 13. The maximum Gasteiger partial charge on any atom is 0.264 e. The number of carbonyl (C=O) groups is 2. The summed E-state index contributed by atoms with van der Waals surface area (Å²) in [6, 6.07) is 23.6. The van der Waals surface area contributed by atoms with Crippen molar-refractivity contribution in [1.82, 2.24) is 10.2 Å². The van der Waals surface area contributed by atoms with E-state index in [1.807, 2.05) is 30.3 Å². The van der Waals surface area contributed by atoms with Crippen molar-refractivity contribution in [3.05, 3.63) is 124 Å². The first-order valence-corrected chi connectivity index (χ1v) is 17.8. The molecule has 0 unspecified atom stereocenters. The number of hydrogen-bond acceptors (Lipinski definition) is 5. The van der Waals surface area contributed by atoms with Crippen LogP contribution in [0.25, 0.3) is 0 Å². The van der Waals surface area contributed by atoms with Gasteiger partial charge in [0.1, 0.15) is 24.2 Å². The van der Waals surface area contributed by atoms with Gasteiger partial charge in [-0.3, -0.25) is 13.9 Å². The van der Waals surface area contributed by atoms with Crippen molar-refractivity contribution < 1.29 is 27.1 Å². The van der Waals surface area contributed by atoms with E-state index in [0.717, 1.165) is 47.7 Å². The van der Waals surface area contributed by atoms with Crippen LogP contribution in [-0.2, 0) is 32.6 Å². The van der Waals surface area contributed by atoms with E-state index >= 15 is 0 Å². The fourth-order valence-electron chi connectivity index (χ4n) is 5.79. The lowest BCUT2D eigenvalue weighted by Gasteiger charge is -2.34. The van der Waals surface area contributed by atoms with Crippen LogP contribution in [-0.4, -0.2) is 50.9 Å². The summed E-state index contributed by atoms with van der Waals surface area (Å²) in [5, 5.41) is 3.70. The Balaban J connectivity index is 1.59. The molecule has 0 bridgehead atoms. The predicted octanol–water partition coefficient (Wildman–Crippen LogP) is 7.04. The highest BCUT2D eigenvalue weighted by Crippen LogP contribution is 2.30. The monoisotopic (exact) mass is 711 g/mol. The maximum atomic E-state index is 14.6. The van der Waals surface area contributed by atoms with Crippen molar-refractivity contribution in [2.45, 2.75) is 55.6 Å². The molecule has 0 spiro atoms. The van der Waals surface area contributed by atoms with E-state index in [9.17, 15) is 22.4 Å². The SMILES string of the molecule is COc1ccc(S(=O)(=O)N(CC(=O)N(Cc2c(Cl)cccc2Cl)[C@@H](Cc2ccccc2)C(=O)NC2CCCC2)c2ccc(F)cc2)cc1. The third-order valence-electron chi connectivity index (χ3n) is 8.40. The molecule has 12 heteroatoms. The third-order valence-corrected chi connectivity index (χ3v) is 10.9. The van der Waals surface area contributed by atoms with E-state index < -0.39 is 34.3 Å². The summed E-state index contributed by atoms with van der Waals surface area (Å²) in [6.45, 7) is -0.878. The van der Waals surface area contributed by atoms with Gasteiger partial charge in [0.05, 0.1) is 17.7 Å². The zero-order chi connectivity index (χ0) is 34.3. The molecule has 48 heavy (non-hydrogen) atoms. The minimum Gasteiger partial charge on any atom is -0.497 e. The van der Waals surface area contributed by atoms with E-state index in [0.29, 0.717) is 11.3 Å². The van der Waals surface area contributed by atoms with E-state index in [1.165, 1.54) is 48.4 Å². The van der Waals surface area contributed by atoms with Gasteiger partial charge in [-0.25, -0.2) is 12.8 Å². The van der Waals surface area contributed by atoms with Crippen LogP contribution in [0.1, 0.15) is 36.8 Å². The molecule has 4 aromatic rings. The molecule has 0 saturated heterocycles. The molecule has 0 aromatic heterocycles. The van der Waals surface area contributed by atoms with Crippen LogP contribution in [0.4, 0.5) is 10.1 Å². The molecule has 1 aliphatic rings. The van der Waals surface area contributed by atoms with E-state index in [2.05, 4.69) is 5.32 Å². The Morgan fingerprint density at radius 1 is 0.896 bits per heavy atom. The summed E-state index contributed by atoms with van der Waals surface area (Å²) in [6.07, 6.45) is 3.78. The fraction of sp³-hybridized carbons (Fsp3) is 0.278. The Kier molecular flexibility index (Phi) is 11.6. The van der Waals surface area contributed by atoms with Gasteiger partial charge in [-0.1, -0.05) is 72.4 Å². The zero-order valence-corrected chi connectivity index (χ0v) is 28.6. The van der Waals surface area contributed by atoms with Crippen LogP contribution in [0.5, 0.6) is 5.75 Å². The molecule has 0 aliphatic heterocycles. The van der Waals surface area contributed by atoms with Gasteiger partial charge in [0, 0.05) is 34.6 Å². The topological polar surface area (TPSA) is 96.0 Å². The molecule has 4 aromatic carbocycles. The number of benzene rings is 4. The van der Waals surface area contributed by atoms with Crippen molar-refractivity contribution in [3.63, 3.8) is 0 Å². The van der Waals surface area contributed by atoms with E-state index in [-0.39, 0.29) is 45.5 Å². The van der Waals surface area contributed by atoms with Gasteiger partial charge in [0.15, 0.2) is 0 Å². The number of halogens is 3. The highest BCUT2D eigenvalue weighted by molar-refractivity contribution is 7.92. The number of sulfonamides is 1. The Morgan fingerprint density at radius 3 is 2.12 bits per heavy atom. The van der Waals surface area contributed by atoms with Crippen LogP contribution < -0.4 is 14.4 Å². The Hall–Kier alpha value is -4.12. The van der Waals surface area contributed by atoms with Crippen LogP contribution in [0, 0.1) is 5.82 Å². The lowest BCUT2D eigenvalue weighted by Crippen LogP contribution is -2.54. The molecule has 252 valence electrons. The molecule has 8 nitrogen and oxygen atoms in total. The number of hydrogen-bond donors (Lipinski definition) is 1. The van der Waals surface area contributed by atoms with Gasteiger partial charge in [-0.2, -0.15) is 0 Å². The lowest BCUT2D eigenvalue weighted by molar-refractivity contribution is -0.140. The molecular formula is C36H36Cl2FN3O5S. The molecule has 1 atom stereocenters. The predicted molar refractivity (Wildman–Crippen MR) is 185 cm³/mol. The second kappa shape index (κ2) is 15.9. The largest absolute Gasteiger partial charge is 0.497 e. The zero-order valence-electron chi connectivity index (χ0n) is 26.3. The number of methoxy groups -OCH3 is 1. The Bertz CT molecular complexity index is 1800. The first kappa shape index (κ1) is 35.2. The summed E-state index contributed by atoms with van der Waals surface area (Å²) in [7, 11) is -2.92. The number of nitrogens with one attached hydrogen (secondary N) is 1. The van der Waals surface area contributed by atoms with Gasteiger partial charge in [-0.15, -0.1) is 0 Å².